The summed E-state index contributed by atoms with van der Waals surface area (Å²) in [5, 5.41) is 3.11. The number of anilines is 1. The van der Waals surface area contributed by atoms with Crippen molar-refractivity contribution < 1.29 is 0 Å². The maximum atomic E-state index is 5.94. The van der Waals surface area contributed by atoms with Crippen LogP contribution in [-0.4, -0.2) is 28.9 Å². The van der Waals surface area contributed by atoms with Gasteiger partial charge in [0.1, 0.15) is 11.7 Å². The third-order valence-corrected chi connectivity index (χ3v) is 5.22. The summed E-state index contributed by atoms with van der Waals surface area (Å²) in [5.41, 5.74) is 5.94. The fraction of sp³-hybridized carbons (Fsp3) is 0.190. The van der Waals surface area contributed by atoms with Crippen LogP contribution in [0.1, 0.15) is 13.3 Å². The van der Waals surface area contributed by atoms with Crippen molar-refractivity contribution in [1.82, 2.24) is 9.97 Å². The molecule has 0 atom stereocenters. The molecule has 0 radical (unpaired) electrons. The number of hydrogen-bond acceptors (Lipinski definition) is 5. The van der Waals surface area contributed by atoms with Crippen LogP contribution >= 0.6 is 11.8 Å². The number of rotatable bonds is 5. The van der Waals surface area contributed by atoms with Crippen LogP contribution in [0.15, 0.2) is 75.7 Å². The van der Waals surface area contributed by atoms with Crippen LogP contribution in [0.2, 0.25) is 0 Å². The Kier molecular flexibility index (Phi) is 5.07. The van der Waals surface area contributed by atoms with E-state index in [0.29, 0.717) is 16.8 Å². The summed E-state index contributed by atoms with van der Waals surface area (Å²) in [6, 6.07) is 16.6. The molecule has 1 aromatic heterocycles. The van der Waals surface area contributed by atoms with Gasteiger partial charge in [-0.3, -0.25) is 0 Å². The SMILES string of the molecule is C/C=C/C(N)=Nc1cc(N2CCC2)nc(Sc2ccc3ccccc3c2)n1. The summed E-state index contributed by atoms with van der Waals surface area (Å²) < 4.78 is 0. The maximum absolute atomic E-state index is 5.94. The van der Waals surface area contributed by atoms with E-state index in [-0.39, 0.29) is 0 Å². The molecular formula is C21H21N5S. The Bertz CT molecular complexity index is 1020. The first-order valence-corrected chi connectivity index (χ1v) is 9.80. The number of aliphatic imine (C=N–C) groups is 1. The van der Waals surface area contributed by atoms with Gasteiger partial charge in [-0.1, -0.05) is 36.4 Å². The molecule has 2 N–H and O–H groups in total. The van der Waals surface area contributed by atoms with Gasteiger partial charge in [-0.25, -0.2) is 15.0 Å². The molecule has 27 heavy (non-hydrogen) atoms. The Hall–Kier alpha value is -2.86. The van der Waals surface area contributed by atoms with Crippen molar-refractivity contribution in [3.63, 3.8) is 0 Å². The van der Waals surface area contributed by atoms with Crippen LogP contribution < -0.4 is 10.6 Å². The molecule has 0 unspecified atom stereocenters. The number of nitrogens with two attached hydrogens (primary N) is 1. The summed E-state index contributed by atoms with van der Waals surface area (Å²) >= 11 is 1.55. The molecular weight excluding hydrogens is 354 g/mol. The summed E-state index contributed by atoms with van der Waals surface area (Å²) in [6.45, 7) is 3.95. The standard InChI is InChI=1S/C21H21N5S/c1-2-6-18(22)23-19-14-20(26-11-5-12-26)25-21(24-19)27-17-10-9-15-7-3-4-8-16(15)13-17/h2-4,6-10,13-14H,5,11-12H2,1H3,(H2,22,23,24,25)/b6-2+. The average Bonchev–Trinajstić information content (AvgIpc) is 2.60. The molecule has 0 bridgehead atoms. The number of fused-ring (bicyclic) bond motifs is 1. The van der Waals surface area contributed by atoms with Gasteiger partial charge in [-0.05, 0) is 54.1 Å². The molecule has 3 aromatic rings. The Morgan fingerprint density at radius 2 is 1.93 bits per heavy atom. The second-order valence-corrected chi connectivity index (χ2v) is 7.40. The van der Waals surface area contributed by atoms with Gasteiger partial charge in [0.05, 0.1) is 0 Å². The van der Waals surface area contributed by atoms with Crippen molar-refractivity contribution in [3.8, 4) is 0 Å². The third kappa shape index (κ3) is 4.11. The number of benzene rings is 2. The molecule has 0 aliphatic carbocycles. The summed E-state index contributed by atoms with van der Waals surface area (Å²) in [7, 11) is 0. The fourth-order valence-corrected chi connectivity index (χ4v) is 3.70. The van der Waals surface area contributed by atoms with E-state index >= 15 is 0 Å². The lowest BCUT2D eigenvalue weighted by Crippen LogP contribution is -2.37. The summed E-state index contributed by atoms with van der Waals surface area (Å²) in [5.74, 6) is 1.93. The van der Waals surface area contributed by atoms with Gasteiger partial charge in [0.25, 0.3) is 0 Å². The van der Waals surface area contributed by atoms with Crippen molar-refractivity contribution in [2.24, 2.45) is 10.7 Å². The molecule has 1 aliphatic rings. The van der Waals surface area contributed by atoms with E-state index in [1.54, 1.807) is 17.8 Å². The third-order valence-electron chi connectivity index (χ3n) is 4.37. The highest BCUT2D eigenvalue weighted by Gasteiger charge is 2.18. The van der Waals surface area contributed by atoms with Gasteiger partial charge < -0.3 is 10.6 Å². The Balaban J connectivity index is 1.68. The van der Waals surface area contributed by atoms with Gasteiger partial charge in [0, 0.05) is 24.1 Å². The first-order chi connectivity index (χ1) is 13.2. The van der Waals surface area contributed by atoms with E-state index in [2.05, 4.69) is 51.3 Å². The van der Waals surface area contributed by atoms with Crippen molar-refractivity contribution >= 4 is 40.0 Å². The zero-order chi connectivity index (χ0) is 18.6. The Morgan fingerprint density at radius 1 is 1.11 bits per heavy atom. The minimum atomic E-state index is 0.437. The number of hydrogen-bond donors (Lipinski definition) is 1. The predicted molar refractivity (Wildman–Crippen MR) is 113 cm³/mol. The van der Waals surface area contributed by atoms with Crippen molar-refractivity contribution in [3.05, 3.63) is 60.7 Å². The van der Waals surface area contributed by atoms with Crippen LogP contribution in [0.25, 0.3) is 10.8 Å². The molecule has 0 spiro atoms. The zero-order valence-electron chi connectivity index (χ0n) is 15.2. The minimum Gasteiger partial charge on any atom is -0.384 e. The van der Waals surface area contributed by atoms with Gasteiger partial charge >= 0.3 is 0 Å². The molecule has 1 saturated heterocycles. The Labute approximate surface area is 163 Å². The lowest BCUT2D eigenvalue weighted by Gasteiger charge is -2.32. The molecule has 6 heteroatoms. The highest BCUT2D eigenvalue weighted by atomic mass is 32.2. The van der Waals surface area contributed by atoms with E-state index in [1.165, 1.54) is 17.2 Å². The molecule has 5 nitrogen and oxygen atoms in total. The number of allylic oxidation sites excluding steroid dienone is 1. The second kappa shape index (κ2) is 7.80. The molecule has 1 fully saturated rings. The number of amidine groups is 1. The van der Waals surface area contributed by atoms with Crippen LogP contribution in [0, 0.1) is 0 Å². The van der Waals surface area contributed by atoms with Crippen molar-refractivity contribution in [1.29, 1.82) is 0 Å². The largest absolute Gasteiger partial charge is 0.384 e. The first kappa shape index (κ1) is 17.5. The van der Waals surface area contributed by atoms with Gasteiger partial charge in [0.15, 0.2) is 11.0 Å². The fourth-order valence-electron chi connectivity index (χ4n) is 2.89. The van der Waals surface area contributed by atoms with Crippen LogP contribution in [0.3, 0.4) is 0 Å². The van der Waals surface area contributed by atoms with Gasteiger partial charge in [-0.15, -0.1) is 0 Å². The number of aromatic nitrogens is 2. The first-order valence-electron chi connectivity index (χ1n) is 8.99. The molecule has 4 rings (SSSR count). The molecule has 1 aliphatic heterocycles. The molecule has 136 valence electrons. The lowest BCUT2D eigenvalue weighted by molar-refractivity contribution is 0.605. The maximum Gasteiger partial charge on any atom is 0.196 e. The van der Waals surface area contributed by atoms with Gasteiger partial charge in [-0.2, -0.15) is 0 Å². The molecule has 2 heterocycles. The molecule has 2 aromatic carbocycles. The van der Waals surface area contributed by atoms with E-state index in [1.807, 2.05) is 25.1 Å². The van der Waals surface area contributed by atoms with E-state index in [9.17, 15) is 0 Å². The van der Waals surface area contributed by atoms with Gasteiger partial charge in [0.2, 0.25) is 0 Å². The number of nitrogens with zero attached hydrogens (tertiary/aromatic N) is 4. The lowest BCUT2D eigenvalue weighted by atomic mass is 10.1. The highest BCUT2D eigenvalue weighted by Crippen LogP contribution is 2.31. The van der Waals surface area contributed by atoms with E-state index in [0.717, 1.165) is 23.8 Å². The summed E-state index contributed by atoms with van der Waals surface area (Å²) in [6.07, 6.45) is 4.82. The normalized spacial score (nSPS) is 14.7. The quantitative estimate of drug-likeness (QED) is 0.402. The summed E-state index contributed by atoms with van der Waals surface area (Å²) in [4.78, 5) is 17.1. The van der Waals surface area contributed by atoms with Crippen molar-refractivity contribution in [2.45, 2.75) is 23.4 Å². The second-order valence-electron chi connectivity index (χ2n) is 6.36. The topological polar surface area (TPSA) is 67.4 Å². The predicted octanol–water partition coefficient (Wildman–Crippen LogP) is 4.56. The van der Waals surface area contributed by atoms with Crippen LogP contribution in [-0.2, 0) is 0 Å². The van der Waals surface area contributed by atoms with E-state index in [4.69, 9.17) is 10.7 Å². The van der Waals surface area contributed by atoms with Crippen molar-refractivity contribution in [2.75, 3.05) is 18.0 Å². The Morgan fingerprint density at radius 3 is 2.67 bits per heavy atom. The monoisotopic (exact) mass is 375 g/mol. The van der Waals surface area contributed by atoms with E-state index < -0.39 is 0 Å². The molecule has 0 amide bonds. The smallest absolute Gasteiger partial charge is 0.196 e. The average molecular weight is 376 g/mol. The van der Waals surface area contributed by atoms with Crippen LogP contribution in [0.4, 0.5) is 11.6 Å². The molecule has 0 saturated carbocycles. The van der Waals surface area contributed by atoms with Crippen LogP contribution in [0.5, 0.6) is 0 Å². The minimum absolute atomic E-state index is 0.437. The zero-order valence-corrected chi connectivity index (χ0v) is 16.0. The highest BCUT2D eigenvalue weighted by molar-refractivity contribution is 7.99.